The number of quaternary nitrogens is 1. The van der Waals surface area contributed by atoms with E-state index in [0.717, 1.165) is 23.3 Å². The molecule has 0 saturated heterocycles. The van der Waals surface area contributed by atoms with Gasteiger partial charge in [0, 0.05) is 17.8 Å². The van der Waals surface area contributed by atoms with Crippen LogP contribution in [0.3, 0.4) is 0 Å². The maximum absolute atomic E-state index is 12.8. The van der Waals surface area contributed by atoms with Crippen molar-refractivity contribution in [1.29, 1.82) is 0 Å². The number of benzene rings is 2. The summed E-state index contributed by atoms with van der Waals surface area (Å²) < 4.78 is 37.8. The number of carbonyl (C=O) groups excluding carboxylic acids is 1. The van der Waals surface area contributed by atoms with E-state index in [-0.39, 0.29) is 17.1 Å². The van der Waals surface area contributed by atoms with Crippen molar-refractivity contribution in [1.82, 2.24) is 9.49 Å². The van der Waals surface area contributed by atoms with Gasteiger partial charge in [0.2, 0.25) is 6.34 Å². The molecule has 0 aliphatic carbocycles. The quantitative estimate of drug-likeness (QED) is 0.659. The number of hydrazone groups is 1. The molecule has 136 valence electrons. The van der Waals surface area contributed by atoms with Gasteiger partial charge in [-0.05, 0) is 36.2 Å². The molecule has 1 aliphatic heterocycles. The Morgan fingerprint density at radius 3 is 2.38 bits per heavy atom. The van der Waals surface area contributed by atoms with E-state index >= 15 is 0 Å². The van der Waals surface area contributed by atoms with Gasteiger partial charge >= 0.3 is 12.2 Å². The zero-order valence-electron chi connectivity index (χ0n) is 14.3. The highest BCUT2D eigenvalue weighted by atomic mass is 19.4. The van der Waals surface area contributed by atoms with Crippen LogP contribution in [0, 0.1) is 6.92 Å². The number of urea groups is 1. The van der Waals surface area contributed by atoms with Crippen LogP contribution in [0.1, 0.15) is 16.7 Å². The minimum absolute atomic E-state index is 0.255. The predicted octanol–water partition coefficient (Wildman–Crippen LogP) is 4.11. The summed E-state index contributed by atoms with van der Waals surface area (Å²) in [5.74, 6) is 0. The van der Waals surface area contributed by atoms with Crippen LogP contribution in [0.4, 0.5) is 29.3 Å². The van der Waals surface area contributed by atoms with Gasteiger partial charge in [-0.2, -0.15) is 22.7 Å². The Kier molecular flexibility index (Phi) is 4.23. The van der Waals surface area contributed by atoms with Gasteiger partial charge in [-0.1, -0.05) is 12.1 Å². The molecule has 0 fully saturated rings. The third kappa shape index (κ3) is 3.15. The van der Waals surface area contributed by atoms with E-state index in [4.69, 9.17) is 5.73 Å². The largest absolute Gasteiger partial charge is 0.450 e. The lowest BCUT2D eigenvalue weighted by atomic mass is 10.1. The van der Waals surface area contributed by atoms with Crippen LogP contribution in [0.5, 0.6) is 0 Å². The summed E-state index contributed by atoms with van der Waals surface area (Å²) in [5, 5.41) is 5.44. The van der Waals surface area contributed by atoms with Crippen LogP contribution in [0.15, 0.2) is 47.6 Å². The first-order valence-electron chi connectivity index (χ1n) is 7.87. The minimum atomic E-state index is -4.42. The van der Waals surface area contributed by atoms with Gasteiger partial charge in [-0.15, -0.1) is 5.10 Å². The first kappa shape index (κ1) is 17.9. The van der Waals surface area contributed by atoms with Crippen molar-refractivity contribution in [3.63, 3.8) is 0 Å². The summed E-state index contributed by atoms with van der Waals surface area (Å²) in [6.07, 6.45) is -3.01. The van der Waals surface area contributed by atoms with Crippen molar-refractivity contribution in [3.8, 4) is 0 Å². The van der Waals surface area contributed by atoms with E-state index in [0.29, 0.717) is 11.4 Å². The van der Waals surface area contributed by atoms with E-state index in [9.17, 15) is 18.0 Å². The lowest BCUT2D eigenvalue weighted by Crippen LogP contribution is -2.49. The van der Waals surface area contributed by atoms with Crippen molar-refractivity contribution in [3.05, 3.63) is 59.2 Å². The smallest absolute Gasteiger partial charge is 0.399 e. The number of nitrogens with two attached hydrogens (primary N) is 1. The fraction of sp³-hybridized carbons (Fsp3) is 0.222. The summed E-state index contributed by atoms with van der Waals surface area (Å²) >= 11 is 0. The van der Waals surface area contributed by atoms with Gasteiger partial charge in [-0.25, -0.2) is 4.79 Å². The zero-order valence-corrected chi connectivity index (χ0v) is 14.3. The number of aryl methyl sites for hydroxylation is 1. The Hall–Kier alpha value is -2.87. The Bertz CT molecular complexity index is 877. The molecule has 1 atom stereocenters. The minimum Gasteiger partial charge on any atom is -0.399 e. The van der Waals surface area contributed by atoms with E-state index in [1.54, 1.807) is 13.1 Å². The first-order chi connectivity index (χ1) is 12.1. The molecule has 26 heavy (non-hydrogen) atoms. The average Bonchev–Trinajstić information content (AvgIpc) is 2.87. The number of nitrogen functional groups attached to an aromatic ring is 1. The molecule has 2 amide bonds. The highest BCUT2D eigenvalue weighted by Gasteiger charge is 2.43. The van der Waals surface area contributed by atoms with E-state index < -0.39 is 11.7 Å². The molecule has 8 heteroatoms. The number of hydrogen-bond acceptors (Lipinski definition) is 3. The summed E-state index contributed by atoms with van der Waals surface area (Å²) in [6, 6.07) is 9.62. The number of hydrogen-bond donors (Lipinski definition) is 1. The third-order valence-electron chi connectivity index (χ3n) is 4.44. The number of alkyl halides is 3. The Balaban J connectivity index is 1.81. The number of halogens is 3. The second-order valence-corrected chi connectivity index (χ2v) is 6.38. The SMILES string of the molecule is Cc1cc(CN2N=C[N+](C)(c3ccc(C(F)(F)F)cc3)C2=O)ccc1N. The molecule has 0 aromatic heterocycles. The molecule has 5 nitrogen and oxygen atoms in total. The van der Waals surface area contributed by atoms with Crippen molar-refractivity contribution in [2.45, 2.75) is 19.6 Å². The number of amides is 2. The van der Waals surface area contributed by atoms with Crippen LogP contribution in [0.25, 0.3) is 0 Å². The molecule has 0 bridgehead atoms. The second-order valence-electron chi connectivity index (χ2n) is 6.38. The van der Waals surface area contributed by atoms with Crippen LogP contribution in [0.2, 0.25) is 0 Å². The predicted molar refractivity (Wildman–Crippen MR) is 94.2 cm³/mol. The number of anilines is 1. The summed E-state index contributed by atoms with van der Waals surface area (Å²) in [6.45, 7) is 2.13. The van der Waals surface area contributed by atoms with Gasteiger partial charge in [-0.3, -0.25) is 0 Å². The monoisotopic (exact) mass is 363 g/mol. The Labute approximate surface area is 148 Å². The molecular formula is C18H18F3N4O+. The third-order valence-corrected chi connectivity index (χ3v) is 4.44. The molecule has 2 aromatic carbocycles. The lowest BCUT2D eigenvalue weighted by molar-refractivity contribution is -0.137. The van der Waals surface area contributed by atoms with E-state index in [1.807, 2.05) is 19.1 Å². The highest BCUT2D eigenvalue weighted by molar-refractivity contribution is 6.04. The van der Waals surface area contributed by atoms with Crippen molar-refractivity contribution < 1.29 is 18.0 Å². The zero-order chi connectivity index (χ0) is 19.1. The fourth-order valence-electron chi connectivity index (χ4n) is 2.76. The van der Waals surface area contributed by atoms with E-state index in [2.05, 4.69) is 5.10 Å². The van der Waals surface area contributed by atoms with Crippen LogP contribution < -0.4 is 10.2 Å². The molecule has 0 radical (unpaired) electrons. The van der Waals surface area contributed by atoms with Crippen molar-refractivity contribution in [2.75, 3.05) is 12.8 Å². The Morgan fingerprint density at radius 2 is 1.81 bits per heavy atom. The van der Waals surface area contributed by atoms with Gasteiger partial charge in [0.15, 0.2) is 0 Å². The molecule has 0 saturated carbocycles. The van der Waals surface area contributed by atoms with Crippen LogP contribution >= 0.6 is 0 Å². The summed E-state index contributed by atoms with van der Waals surface area (Å²) in [5.41, 5.74) is 7.87. The summed E-state index contributed by atoms with van der Waals surface area (Å²) in [4.78, 5) is 12.8. The van der Waals surface area contributed by atoms with Crippen LogP contribution in [-0.2, 0) is 12.7 Å². The van der Waals surface area contributed by atoms with Crippen molar-refractivity contribution >= 4 is 23.7 Å². The van der Waals surface area contributed by atoms with Crippen molar-refractivity contribution in [2.24, 2.45) is 5.10 Å². The molecular weight excluding hydrogens is 345 g/mol. The fourth-order valence-corrected chi connectivity index (χ4v) is 2.76. The topological polar surface area (TPSA) is 58.7 Å². The van der Waals surface area contributed by atoms with Gasteiger partial charge < -0.3 is 5.73 Å². The van der Waals surface area contributed by atoms with Crippen LogP contribution in [-0.4, -0.2) is 24.4 Å². The second kappa shape index (κ2) is 6.14. The van der Waals surface area contributed by atoms with Gasteiger partial charge in [0.25, 0.3) is 0 Å². The molecule has 0 spiro atoms. The lowest BCUT2D eigenvalue weighted by Gasteiger charge is -2.23. The maximum Gasteiger partial charge on any atom is 0.450 e. The molecule has 2 aromatic rings. The number of rotatable bonds is 3. The first-order valence-corrected chi connectivity index (χ1v) is 7.87. The Morgan fingerprint density at radius 1 is 1.15 bits per heavy atom. The summed E-state index contributed by atoms with van der Waals surface area (Å²) in [7, 11) is 1.59. The highest BCUT2D eigenvalue weighted by Crippen LogP contribution is 2.33. The van der Waals surface area contributed by atoms with Gasteiger partial charge in [0.05, 0.1) is 19.2 Å². The molecule has 3 rings (SSSR count). The maximum atomic E-state index is 12.8. The molecule has 1 unspecified atom stereocenters. The standard InChI is InChI=1S/C18H18F3N4O/c1-12-9-13(3-8-16(12)22)10-24-17(26)25(2,11-23-24)15-6-4-14(5-7-15)18(19,20)21/h3-9,11H,10,22H2,1-2H3/q+1. The molecule has 1 aliphatic rings. The molecule has 1 heterocycles. The molecule has 2 N–H and O–H groups in total. The number of nitrogens with zero attached hydrogens (tertiary/aromatic N) is 3. The van der Waals surface area contributed by atoms with Gasteiger partial charge in [0.1, 0.15) is 5.69 Å². The normalized spacial score (nSPS) is 20.0. The van der Waals surface area contributed by atoms with E-state index in [1.165, 1.54) is 23.5 Å². The number of carbonyl (C=O) groups is 1. The average molecular weight is 363 g/mol.